The number of methoxy groups -OCH3 is 1. The Bertz CT molecular complexity index is 740. The number of esters is 1. The van der Waals surface area contributed by atoms with Gasteiger partial charge in [-0.15, -0.1) is 0 Å². The van der Waals surface area contributed by atoms with Gasteiger partial charge in [-0.3, -0.25) is 4.79 Å². The quantitative estimate of drug-likeness (QED) is 0.531. The molecule has 2 aromatic rings. The van der Waals surface area contributed by atoms with Gasteiger partial charge < -0.3 is 19.5 Å². The average Bonchev–Trinajstić information content (AvgIpc) is 2.69. The Kier molecular flexibility index (Phi) is 7.67. The zero-order chi connectivity index (χ0) is 19.6. The molecule has 144 valence electrons. The van der Waals surface area contributed by atoms with E-state index >= 15 is 0 Å². The van der Waals surface area contributed by atoms with Crippen LogP contribution in [0.4, 0.5) is 5.69 Å². The predicted molar refractivity (Wildman–Crippen MR) is 103 cm³/mol. The Morgan fingerprint density at radius 1 is 1.00 bits per heavy atom. The van der Waals surface area contributed by atoms with Crippen molar-refractivity contribution in [1.82, 2.24) is 0 Å². The molecular weight excluding hydrogens is 346 g/mol. The first kappa shape index (κ1) is 20.3. The van der Waals surface area contributed by atoms with Crippen molar-refractivity contribution in [3.63, 3.8) is 0 Å². The van der Waals surface area contributed by atoms with Gasteiger partial charge in [0.05, 0.1) is 13.7 Å². The van der Waals surface area contributed by atoms with Crippen LogP contribution in [0.15, 0.2) is 48.5 Å². The molecule has 0 fully saturated rings. The zero-order valence-corrected chi connectivity index (χ0v) is 15.9. The van der Waals surface area contributed by atoms with Crippen LogP contribution in [0.3, 0.4) is 0 Å². The number of hydrogen-bond donors (Lipinski definition) is 1. The van der Waals surface area contributed by atoms with Gasteiger partial charge >= 0.3 is 5.97 Å². The predicted octanol–water partition coefficient (Wildman–Crippen LogP) is 4.06. The second kappa shape index (κ2) is 10.2. The van der Waals surface area contributed by atoms with E-state index in [1.807, 2.05) is 6.92 Å². The van der Waals surface area contributed by atoms with E-state index in [-0.39, 0.29) is 5.91 Å². The molecule has 0 radical (unpaired) electrons. The summed E-state index contributed by atoms with van der Waals surface area (Å²) in [6, 6.07) is 13.7. The highest BCUT2D eigenvalue weighted by atomic mass is 16.6. The van der Waals surface area contributed by atoms with Crippen molar-refractivity contribution < 1.29 is 23.8 Å². The molecule has 0 aliphatic heterocycles. The van der Waals surface area contributed by atoms with Crippen molar-refractivity contribution in [1.29, 1.82) is 0 Å². The summed E-state index contributed by atoms with van der Waals surface area (Å²) < 4.78 is 15.8. The molecule has 1 atom stereocenters. The molecule has 0 aliphatic rings. The fourth-order valence-electron chi connectivity index (χ4n) is 2.25. The summed E-state index contributed by atoms with van der Waals surface area (Å²) >= 11 is 0. The van der Waals surface area contributed by atoms with Crippen LogP contribution in [0.5, 0.6) is 11.5 Å². The van der Waals surface area contributed by atoms with Gasteiger partial charge in [0, 0.05) is 11.3 Å². The van der Waals surface area contributed by atoms with Crippen molar-refractivity contribution in [3.8, 4) is 11.5 Å². The van der Waals surface area contributed by atoms with Crippen molar-refractivity contribution in [2.45, 2.75) is 32.8 Å². The molecule has 0 aliphatic carbocycles. The highest BCUT2D eigenvalue weighted by Gasteiger charge is 2.16. The molecule has 6 nitrogen and oxygen atoms in total. The molecular formula is C21H25NO5. The number of anilines is 1. The topological polar surface area (TPSA) is 73.9 Å². The first-order valence-electron chi connectivity index (χ1n) is 8.92. The number of carbonyl (C=O) groups excluding carboxylic acids is 2. The SMILES string of the molecule is CCCCOC(=O)C(C)Oc1ccc(C(=O)Nc2ccc(OC)cc2)cc1. The number of benzene rings is 2. The Morgan fingerprint density at radius 2 is 1.63 bits per heavy atom. The maximum absolute atomic E-state index is 12.3. The number of hydrogen-bond acceptors (Lipinski definition) is 5. The molecule has 0 saturated heterocycles. The van der Waals surface area contributed by atoms with Crippen molar-refractivity contribution in [3.05, 3.63) is 54.1 Å². The van der Waals surface area contributed by atoms with Crippen LogP contribution in [0, 0.1) is 0 Å². The number of rotatable bonds is 9. The molecule has 0 spiro atoms. The van der Waals surface area contributed by atoms with Crippen LogP contribution >= 0.6 is 0 Å². The van der Waals surface area contributed by atoms with Gasteiger partial charge in [-0.05, 0) is 61.9 Å². The minimum absolute atomic E-state index is 0.237. The molecule has 2 rings (SSSR count). The normalized spacial score (nSPS) is 11.4. The zero-order valence-electron chi connectivity index (χ0n) is 15.9. The van der Waals surface area contributed by atoms with E-state index in [1.54, 1.807) is 62.6 Å². The smallest absolute Gasteiger partial charge is 0.347 e. The van der Waals surface area contributed by atoms with Crippen molar-refractivity contribution in [2.75, 3.05) is 19.0 Å². The molecule has 0 saturated carbocycles. The van der Waals surface area contributed by atoms with Gasteiger partial charge in [-0.2, -0.15) is 0 Å². The van der Waals surface area contributed by atoms with E-state index < -0.39 is 12.1 Å². The number of ether oxygens (including phenoxy) is 3. The van der Waals surface area contributed by atoms with E-state index in [4.69, 9.17) is 14.2 Å². The molecule has 0 heterocycles. The Hall–Kier alpha value is -3.02. The lowest BCUT2D eigenvalue weighted by atomic mass is 10.2. The summed E-state index contributed by atoms with van der Waals surface area (Å²) in [4.78, 5) is 24.1. The van der Waals surface area contributed by atoms with E-state index in [0.29, 0.717) is 23.6 Å². The standard InChI is InChI=1S/C21H25NO5/c1-4-5-14-26-21(24)15(2)27-19-10-6-16(7-11-19)20(23)22-17-8-12-18(25-3)13-9-17/h6-13,15H,4-5,14H2,1-3H3,(H,22,23). The van der Waals surface area contributed by atoms with Crippen LogP contribution in [0.25, 0.3) is 0 Å². The lowest BCUT2D eigenvalue weighted by molar-refractivity contribution is -0.151. The van der Waals surface area contributed by atoms with Crippen LogP contribution in [0.1, 0.15) is 37.0 Å². The Balaban J connectivity index is 1.89. The van der Waals surface area contributed by atoms with Gasteiger partial charge in [0.25, 0.3) is 5.91 Å². The highest BCUT2D eigenvalue weighted by Crippen LogP contribution is 2.18. The van der Waals surface area contributed by atoms with E-state index in [2.05, 4.69) is 5.32 Å². The summed E-state index contributed by atoms with van der Waals surface area (Å²) in [5, 5.41) is 2.81. The average molecular weight is 371 g/mol. The minimum atomic E-state index is -0.708. The molecule has 0 aromatic heterocycles. The lowest BCUT2D eigenvalue weighted by Gasteiger charge is -2.14. The van der Waals surface area contributed by atoms with Gasteiger partial charge in [-0.25, -0.2) is 4.79 Å². The first-order valence-corrected chi connectivity index (χ1v) is 8.92. The van der Waals surface area contributed by atoms with Crippen LogP contribution in [0.2, 0.25) is 0 Å². The third-order valence-electron chi connectivity index (χ3n) is 3.85. The maximum atomic E-state index is 12.3. The highest BCUT2D eigenvalue weighted by molar-refractivity contribution is 6.04. The second-order valence-corrected chi connectivity index (χ2v) is 5.99. The van der Waals surface area contributed by atoms with E-state index in [9.17, 15) is 9.59 Å². The molecule has 2 aromatic carbocycles. The molecule has 1 N–H and O–H groups in total. The minimum Gasteiger partial charge on any atom is -0.497 e. The summed E-state index contributed by atoms with van der Waals surface area (Å²) in [5.74, 6) is 0.580. The number of nitrogens with one attached hydrogen (secondary N) is 1. The van der Waals surface area contributed by atoms with Gasteiger partial charge in [0.2, 0.25) is 0 Å². The van der Waals surface area contributed by atoms with Crippen LogP contribution in [-0.4, -0.2) is 31.7 Å². The van der Waals surface area contributed by atoms with Crippen molar-refractivity contribution in [2.24, 2.45) is 0 Å². The Morgan fingerprint density at radius 3 is 2.22 bits per heavy atom. The fraction of sp³-hybridized carbons (Fsp3) is 0.333. The first-order chi connectivity index (χ1) is 13.0. The summed E-state index contributed by atoms with van der Waals surface area (Å²) in [7, 11) is 1.59. The summed E-state index contributed by atoms with van der Waals surface area (Å²) in [6.45, 7) is 4.06. The third kappa shape index (κ3) is 6.33. The van der Waals surface area contributed by atoms with Gasteiger partial charge in [0.1, 0.15) is 11.5 Å². The monoisotopic (exact) mass is 371 g/mol. The number of amides is 1. The van der Waals surface area contributed by atoms with E-state index in [1.165, 1.54) is 0 Å². The number of unbranched alkanes of at least 4 members (excludes halogenated alkanes) is 1. The number of carbonyl (C=O) groups is 2. The van der Waals surface area contributed by atoms with Crippen molar-refractivity contribution >= 4 is 17.6 Å². The van der Waals surface area contributed by atoms with Crippen LogP contribution in [-0.2, 0) is 9.53 Å². The molecule has 6 heteroatoms. The summed E-state index contributed by atoms with van der Waals surface area (Å²) in [5.41, 5.74) is 1.15. The largest absolute Gasteiger partial charge is 0.497 e. The lowest BCUT2D eigenvalue weighted by Crippen LogP contribution is -2.26. The van der Waals surface area contributed by atoms with Crippen LogP contribution < -0.4 is 14.8 Å². The van der Waals surface area contributed by atoms with Gasteiger partial charge in [-0.1, -0.05) is 13.3 Å². The third-order valence-corrected chi connectivity index (χ3v) is 3.85. The maximum Gasteiger partial charge on any atom is 0.347 e. The fourth-order valence-corrected chi connectivity index (χ4v) is 2.25. The van der Waals surface area contributed by atoms with Gasteiger partial charge in [0.15, 0.2) is 6.10 Å². The molecule has 1 unspecified atom stereocenters. The van der Waals surface area contributed by atoms with E-state index in [0.717, 1.165) is 18.6 Å². The molecule has 0 bridgehead atoms. The Labute approximate surface area is 159 Å². The molecule has 1 amide bonds. The second-order valence-electron chi connectivity index (χ2n) is 5.99. The molecule has 27 heavy (non-hydrogen) atoms. The summed E-state index contributed by atoms with van der Waals surface area (Å²) in [6.07, 6.45) is 1.08.